The summed E-state index contributed by atoms with van der Waals surface area (Å²) in [4.78, 5) is 37.2. The molecule has 6 nitrogen and oxygen atoms in total. The summed E-state index contributed by atoms with van der Waals surface area (Å²) in [6.07, 6.45) is 14.6. The lowest BCUT2D eigenvalue weighted by atomic mass is 9.48. The van der Waals surface area contributed by atoms with Gasteiger partial charge in [-0.05, 0) is 68.6 Å². The van der Waals surface area contributed by atoms with E-state index in [0.29, 0.717) is 31.9 Å². The molecule has 0 spiro atoms. The van der Waals surface area contributed by atoms with Crippen molar-refractivity contribution in [2.24, 2.45) is 23.2 Å². The molecule has 4 bridgehead atoms. The van der Waals surface area contributed by atoms with Crippen LogP contribution in [0.1, 0.15) is 55.9 Å². The predicted molar refractivity (Wildman–Crippen MR) is 109 cm³/mol. The van der Waals surface area contributed by atoms with Crippen LogP contribution in [0.15, 0.2) is 30.2 Å². The first-order valence-corrected chi connectivity index (χ1v) is 11.1. The van der Waals surface area contributed by atoms with Crippen molar-refractivity contribution < 1.29 is 9.59 Å². The summed E-state index contributed by atoms with van der Waals surface area (Å²) in [5, 5.41) is 0. The van der Waals surface area contributed by atoms with Gasteiger partial charge in [0.15, 0.2) is 0 Å². The van der Waals surface area contributed by atoms with E-state index in [2.05, 4.69) is 16.9 Å². The van der Waals surface area contributed by atoms with Gasteiger partial charge in [0.1, 0.15) is 5.69 Å². The van der Waals surface area contributed by atoms with Gasteiger partial charge in [0.25, 0.3) is 5.91 Å². The van der Waals surface area contributed by atoms with Gasteiger partial charge >= 0.3 is 0 Å². The van der Waals surface area contributed by atoms with E-state index in [0.717, 1.165) is 17.8 Å². The number of hydrogen-bond acceptors (Lipinski definition) is 4. The molecule has 4 saturated carbocycles. The lowest BCUT2D eigenvalue weighted by Crippen LogP contribution is -2.51. The summed E-state index contributed by atoms with van der Waals surface area (Å²) in [5.41, 5.74) is 1.96. The minimum absolute atomic E-state index is 0.106. The van der Waals surface area contributed by atoms with Crippen molar-refractivity contribution in [1.82, 2.24) is 19.8 Å². The van der Waals surface area contributed by atoms with E-state index in [1.54, 1.807) is 11.1 Å². The summed E-state index contributed by atoms with van der Waals surface area (Å²) in [5.74, 6) is 2.66. The highest BCUT2D eigenvalue weighted by Crippen LogP contribution is 2.62. The minimum Gasteiger partial charge on any atom is -0.336 e. The second-order valence-electron chi connectivity index (χ2n) is 9.73. The number of nitrogens with zero attached hydrogens (tertiary/aromatic N) is 4. The molecule has 154 valence electrons. The molecule has 2 amide bonds. The molecule has 29 heavy (non-hydrogen) atoms. The van der Waals surface area contributed by atoms with Crippen LogP contribution in [0.3, 0.4) is 0 Å². The molecule has 1 saturated heterocycles. The van der Waals surface area contributed by atoms with E-state index >= 15 is 0 Å². The number of hydrogen-bond donors (Lipinski definition) is 0. The molecule has 1 aliphatic heterocycles. The zero-order chi connectivity index (χ0) is 20.0. The SMILES string of the molecule is C/C(=C/C(=O)N1CCN(C(=O)c2cnccn2)CC1)C12CC3CC(CC(C3)C1)C2. The average molecular weight is 395 g/mol. The van der Waals surface area contributed by atoms with Crippen molar-refractivity contribution in [1.29, 1.82) is 0 Å². The smallest absolute Gasteiger partial charge is 0.274 e. The quantitative estimate of drug-likeness (QED) is 0.740. The molecule has 1 aromatic heterocycles. The van der Waals surface area contributed by atoms with E-state index in [4.69, 9.17) is 0 Å². The molecular formula is C23H30N4O2. The van der Waals surface area contributed by atoms with Gasteiger partial charge in [-0.1, -0.05) is 5.57 Å². The molecule has 0 N–H and O–H groups in total. The van der Waals surface area contributed by atoms with Gasteiger partial charge in [0.2, 0.25) is 5.91 Å². The molecule has 6 rings (SSSR count). The summed E-state index contributed by atoms with van der Waals surface area (Å²) >= 11 is 0. The molecule has 5 aliphatic rings. The molecule has 4 aliphatic carbocycles. The normalized spacial score (nSPS) is 33.8. The Morgan fingerprint density at radius 1 is 0.966 bits per heavy atom. The maximum absolute atomic E-state index is 13.0. The molecule has 2 heterocycles. The zero-order valence-electron chi connectivity index (χ0n) is 17.2. The Hall–Kier alpha value is -2.24. The number of amides is 2. The average Bonchev–Trinajstić information content (AvgIpc) is 2.73. The van der Waals surface area contributed by atoms with Gasteiger partial charge < -0.3 is 9.80 Å². The van der Waals surface area contributed by atoms with E-state index in [1.165, 1.54) is 56.5 Å². The van der Waals surface area contributed by atoms with Gasteiger partial charge in [0.05, 0.1) is 6.20 Å². The molecular weight excluding hydrogens is 364 g/mol. The summed E-state index contributed by atoms with van der Waals surface area (Å²) in [7, 11) is 0. The Bertz CT molecular complexity index is 791. The molecule has 0 radical (unpaired) electrons. The highest BCUT2D eigenvalue weighted by atomic mass is 16.2. The van der Waals surface area contributed by atoms with Crippen molar-refractivity contribution >= 4 is 11.8 Å². The van der Waals surface area contributed by atoms with E-state index < -0.39 is 0 Å². The van der Waals surface area contributed by atoms with Gasteiger partial charge in [-0.25, -0.2) is 4.98 Å². The summed E-state index contributed by atoms with van der Waals surface area (Å²) < 4.78 is 0. The first-order chi connectivity index (χ1) is 14.0. The van der Waals surface area contributed by atoms with Crippen LogP contribution in [0.4, 0.5) is 0 Å². The molecule has 0 atom stereocenters. The van der Waals surface area contributed by atoms with Gasteiger partial charge in [-0.15, -0.1) is 0 Å². The van der Waals surface area contributed by atoms with Crippen molar-refractivity contribution in [2.45, 2.75) is 45.4 Å². The van der Waals surface area contributed by atoms with E-state index in [9.17, 15) is 9.59 Å². The third kappa shape index (κ3) is 3.47. The van der Waals surface area contributed by atoms with Gasteiger partial charge in [0, 0.05) is 44.6 Å². The van der Waals surface area contributed by atoms with Crippen LogP contribution in [-0.4, -0.2) is 57.8 Å². The van der Waals surface area contributed by atoms with E-state index in [1.807, 2.05) is 11.0 Å². The van der Waals surface area contributed by atoms with Crippen LogP contribution in [0.5, 0.6) is 0 Å². The topological polar surface area (TPSA) is 66.4 Å². The van der Waals surface area contributed by atoms with Crippen LogP contribution in [0, 0.1) is 23.2 Å². The molecule has 5 fully saturated rings. The largest absolute Gasteiger partial charge is 0.336 e. The Kier molecular flexibility index (Phi) is 4.67. The van der Waals surface area contributed by atoms with Gasteiger partial charge in [-0.2, -0.15) is 0 Å². The van der Waals surface area contributed by atoms with Crippen LogP contribution in [0.25, 0.3) is 0 Å². The number of piperazine rings is 1. The van der Waals surface area contributed by atoms with E-state index in [-0.39, 0.29) is 17.2 Å². The highest BCUT2D eigenvalue weighted by Gasteiger charge is 2.51. The maximum atomic E-state index is 13.0. The fourth-order valence-electron chi connectivity index (χ4n) is 6.72. The molecule has 0 aromatic carbocycles. The Morgan fingerprint density at radius 2 is 1.55 bits per heavy atom. The van der Waals surface area contributed by atoms with Gasteiger partial charge in [-0.3, -0.25) is 14.6 Å². The van der Waals surface area contributed by atoms with Crippen molar-refractivity contribution in [2.75, 3.05) is 26.2 Å². The minimum atomic E-state index is -0.106. The lowest BCUT2D eigenvalue weighted by Gasteiger charge is -2.57. The number of carbonyl (C=O) groups is 2. The second-order valence-corrected chi connectivity index (χ2v) is 9.73. The van der Waals surface area contributed by atoms with Crippen molar-refractivity contribution in [3.05, 3.63) is 35.9 Å². The fraction of sp³-hybridized carbons (Fsp3) is 0.652. The predicted octanol–water partition coefficient (Wildman–Crippen LogP) is 2.92. The van der Waals surface area contributed by atoms with Crippen LogP contribution in [0.2, 0.25) is 0 Å². The van der Waals surface area contributed by atoms with Crippen LogP contribution in [-0.2, 0) is 4.79 Å². The van der Waals surface area contributed by atoms with Crippen LogP contribution >= 0.6 is 0 Å². The number of allylic oxidation sites excluding steroid dienone is 1. The Balaban J connectivity index is 1.22. The third-order valence-corrected chi connectivity index (χ3v) is 7.88. The highest BCUT2D eigenvalue weighted by molar-refractivity contribution is 5.92. The number of rotatable bonds is 3. The standard InChI is InChI=1S/C23H30N4O2/c1-16(23-12-17-9-18(13-23)11-19(10-17)14-23)8-21(28)26-4-6-27(7-5-26)22(29)20-15-24-2-3-25-20/h2-3,8,15,17-19H,4-7,9-14H2,1H3/b16-8-. The monoisotopic (exact) mass is 394 g/mol. The zero-order valence-corrected chi connectivity index (χ0v) is 17.2. The van der Waals surface area contributed by atoms with Crippen molar-refractivity contribution in [3.8, 4) is 0 Å². The first-order valence-electron chi connectivity index (χ1n) is 11.1. The van der Waals surface area contributed by atoms with Crippen molar-refractivity contribution in [3.63, 3.8) is 0 Å². The first kappa shape index (κ1) is 18.8. The second kappa shape index (κ2) is 7.22. The maximum Gasteiger partial charge on any atom is 0.274 e. The molecule has 6 heteroatoms. The summed E-state index contributed by atoms with van der Waals surface area (Å²) in [6.45, 7) is 4.45. The Morgan fingerprint density at radius 3 is 2.10 bits per heavy atom. The van der Waals surface area contributed by atoms with Crippen LogP contribution < -0.4 is 0 Å². The number of aromatic nitrogens is 2. The molecule has 0 unspecified atom stereocenters. The molecule has 1 aromatic rings. The fourth-order valence-corrected chi connectivity index (χ4v) is 6.72. The number of carbonyl (C=O) groups excluding carboxylic acids is 2. The third-order valence-electron chi connectivity index (χ3n) is 7.88. The summed E-state index contributed by atoms with van der Waals surface area (Å²) in [6, 6.07) is 0. The Labute approximate surface area is 172 Å². The lowest BCUT2D eigenvalue weighted by molar-refractivity contribution is -0.127.